The first kappa shape index (κ1) is 27.1. The molecule has 0 bridgehead atoms. The molecule has 2 heterocycles. The summed E-state index contributed by atoms with van der Waals surface area (Å²) in [5, 5.41) is 3.23. The monoisotopic (exact) mass is 568 g/mol. The zero-order valence-electron chi connectivity index (χ0n) is 23.1. The highest BCUT2D eigenvalue weighted by molar-refractivity contribution is 6.12. The van der Waals surface area contributed by atoms with E-state index in [9.17, 15) is 18.4 Å². The molecule has 8 nitrogen and oxygen atoms in total. The predicted octanol–water partition coefficient (Wildman–Crippen LogP) is 6.32. The topological polar surface area (TPSA) is 97.6 Å². The van der Waals surface area contributed by atoms with Crippen molar-refractivity contribution in [2.45, 2.75) is 25.8 Å². The Morgan fingerprint density at radius 1 is 0.976 bits per heavy atom. The van der Waals surface area contributed by atoms with Gasteiger partial charge >= 0.3 is 0 Å². The number of nitrogens with one attached hydrogen (secondary N) is 1. The van der Waals surface area contributed by atoms with Gasteiger partial charge in [-0.2, -0.15) is 0 Å². The van der Waals surface area contributed by atoms with Crippen molar-refractivity contribution in [3.63, 3.8) is 0 Å². The third-order valence-corrected chi connectivity index (χ3v) is 7.29. The number of hydrogen-bond acceptors (Lipinski definition) is 6. The van der Waals surface area contributed by atoms with E-state index in [0.29, 0.717) is 39.2 Å². The largest absolute Gasteiger partial charge is 0.496 e. The molecule has 42 heavy (non-hydrogen) atoms. The summed E-state index contributed by atoms with van der Waals surface area (Å²) >= 11 is 0. The Balaban J connectivity index is 1.48. The van der Waals surface area contributed by atoms with Crippen LogP contribution in [0.25, 0.3) is 33.4 Å². The van der Waals surface area contributed by atoms with Crippen LogP contribution in [-0.2, 0) is 0 Å². The Hall–Kier alpha value is -5.12. The molecule has 3 aromatic carbocycles. The number of furan rings is 1. The van der Waals surface area contributed by atoms with Crippen molar-refractivity contribution >= 4 is 28.7 Å². The van der Waals surface area contributed by atoms with Crippen molar-refractivity contribution in [2.75, 3.05) is 19.1 Å². The number of methoxy groups -OCH3 is 1. The Labute approximate surface area is 240 Å². The van der Waals surface area contributed by atoms with Gasteiger partial charge in [0, 0.05) is 24.0 Å². The van der Waals surface area contributed by atoms with Gasteiger partial charge in [-0.3, -0.25) is 14.5 Å². The number of amides is 2. The Bertz CT molecular complexity index is 1830. The maximum absolute atomic E-state index is 13.9. The number of rotatable bonds is 7. The second kappa shape index (κ2) is 10.7. The zero-order chi connectivity index (χ0) is 29.5. The molecule has 1 saturated carbocycles. The fourth-order valence-corrected chi connectivity index (χ4v) is 5.06. The van der Waals surface area contributed by atoms with Gasteiger partial charge in [-0.05, 0) is 85.0 Å². The Morgan fingerprint density at radius 2 is 1.67 bits per heavy atom. The summed E-state index contributed by atoms with van der Waals surface area (Å²) in [6.07, 6.45) is 3.63. The number of benzene rings is 3. The first-order chi connectivity index (χ1) is 20.3. The van der Waals surface area contributed by atoms with Crippen molar-refractivity contribution < 1.29 is 27.5 Å². The second-order valence-electron chi connectivity index (χ2n) is 10.1. The van der Waals surface area contributed by atoms with Crippen LogP contribution >= 0.6 is 0 Å². The standard InChI is InChI=1S/C32H26F2N4O4/c1-17-12-27(41-3)25(31(40)38(22-9-10-22)32-36-15-21(34)16-37-32)14-23(17)19-6-11-26-24(13-19)28(30(39)35-2)29(42-26)18-4-7-20(33)8-5-18/h4-8,11-16,22H,9-10H2,1-3H3,(H,35,39). The number of hydrogen-bond donors (Lipinski definition) is 1. The summed E-state index contributed by atoms with van der Waals surface area (Å²) in [4.78, 5) is 36.6. The average Bonchev–Trinajstić information content (AvgIpc) is 3.76. The van der Waals surface area contributed by atoms with E-state index in [1.165, 1.54) is 31.2 Å². The minimum Gasteiger partial charge on any atom is -0.496 e. The van der Waals surface area contributed by atoms with Crippen LogP contribution in [0.15, 0.2) is 71.4 Å². The van der Waals surface area contributed by atoms with Crippen LogP contribution in [0.2, 0.25) is 0 Å². The molecule has 0 atom stereocenters. The maximum Gasteiger partial charge on any atom is 0.264 e. The fourth-order valence-electron chi connectivity index (χ4n) is 5.06. The van der Waals surface area contributed by atoms with Crippen LogP contribution in [-0.4, -0.2) is 42.0 Å². The van der Waals surface area contributed by atoms with Gasteiger partial charge in [0.2, 0.25) is 5.95 Å². The summed E-state index contributed by atoms with van der Waals surface area (Å²) < 4.78 is 38.8. The first-order valence-corrected chi connectivity index (χ1v) is 13.3. The van der Waals surface area contributed by atoms with E-state index in [4.69, 9.17) is 9.15 Å². The van der Waals surface area contributed by atoms with Gasteiger partial charge in [-0.15, -0.1) is 0 Å². The van der Waals surface area contributed by atoms with Gasteiger partial charge in [0.25, 0.3) is 11.8 Å². The molecule has 1 N–H and O–H groups in total. The minimum absolute atomic E-state index is 0.0975. The maximum atomic E-state index is 13.9. The fraction of sp³-hybridized carbons (Fsp3) is 0.188. The number of halogens is 2. The van der Waals surface area contributed by atoms with E-state index < -0.39 is 11.6 Å². The van der Waals surface area contributed by atoms with E-state index in [2.05, 4.69) is 15.3 Å². The number of fused-ring (bicyclic) bond motifs is 1. The molecule has 0 aliphatic heterocycles. The predicted molar refractivity (Wildman–Crippen MR) is 154 cm³/mol. The summed E-state index contributed by atoms with van der Waals surface area (Å²) in [7, 11) is 3.02. The van der Waals surface area contributed by atoms with Gasteiger partial charge in [-0.25, -0.2) is 18.7 Å². The molecule has 0 spiro atoms. The number of nitrogens with zero attached hydrogens (tertiary/aromatic N) is 3. The number of aromatic nitrogens is 2. The molecule has 0 saturated heterocycles. The molecular formula is C32H26F2N4O4. The normalized spacial score (nSPS) is 12.8. The van der Waals surface area contributed by atoms with Crippen LogP contribution in [0.1, 0.15) is 39.1 Å². The first-order valence-electron chi connectivity index (χ1n) is 13.3. The molecule has 5 aromatic rings. The Kier molecular flexibility index (Phi) is 6.89. The summed E-state index contributed by atoms with van der Waals surface area (Å²) in [5.41, 5.74) is 3.97. The summed E-state index contributed by atoms with van der Waals surface area (Å²) in [5.74, 6) is -0.887. The van der Waals surface area contributed by atoms with Crippen LogP contribution in [0, 0.1) is 18.6 Å². The number of ether oxygens (including phenoxy) is 1. The van der Waals surface area contributed by atoms with E-state index in [1.54, 1.807) is 30.3 Å². The lowest BCUT2D eigenvalue weighted by atomic mass is 9.95. The lowest BCUT2D eigenvalue weighted by Crippen LogP contribution is -2.35. The highest BCUT2D eigenvalue weighted by Crippen LogP contribution is 2.39. The molecule has 1 aliphatic rings. The smallest absolute Gasteiger partial charge is 0.264 e. The molecule has 2 aromatic heterocycles. The molecule has 212 valence electrons. The molecule has 6 rings (SSSR count). The van der Waals surface area contributed by atoms with Crippen LogP contribution in [0.3, 0.4) is 0 Å². The minimum atomic E-state index is -0.592. The van der Waals surface area contributed by atoms with Crippen molar-refractivity contribution in [3.05, 3.63) is 95.3 Å². The van der Waals surface area contributed by atoms with E-state index >= 15 is 0 Å². The second-order valence-corrected chi connectivity index (χ2v) is 10.1. The van der Waals surface area contributed by atoms with Crippen molar-refractivity contribution in [3.8, 4) is 28.2 Å². The quantitative estimate of drug-likeness (QED) is 0.247. The van der Waals surface area contributed by atoms with Crippen molar-refractivity contribution in [1.82, 2.24) is 15.3 Å². The van der Waals surface area contributed by atoms with Crippen LogP contribution < -0.4 is 15.0 Å². The lowest BCUT2D eigenvalue weighted by molar-refractivity contribution is 0.0961. The number of aryl methyl sites for hydroxylation is 1. The highest BCUT2D eigenvalue weighted by atomic mass is 19.1. The average molecular weight is 569 g/mol. The number of anilines is 1. The number of carbonyl (C=O) groups excluding carboxylic acids is 2. The lowest BCUT2D eigenvalue weighted by Gasteiger charge is -2.22. The van der Waals surface area contributed by atoms with Gasteiger partial charge in [-0.1, -0.05) is 6.07 Å². The van der Waals surface area contributed by atoms with E-state index in [0.717, 1.165) is 41.9 Å². The van der Waals surface area contributed by atoms with Gasteiger partial charge < -0.3 is 14.5 Å². The third kappa shape index (κ3) is 4.85. The zero-order valence-corrected chi connectivity index (χ0v) is 23.1. The Morgan fingerprint density at radius 3 is 2.31 bits per heavy atom. The van der Waals surface area contributed by atoms with Crippen LogP contribution in [0.4, 0.5) is 14.7 Å². The van der Waals surface area contributed by atoms with Gasteiger partial charge in [0.1, 0.15) is 22.9 Å². The molecule has 10 heteroatoms. The van der Waals surface area contributed by atoms with E-state index in [1.807, 2.05) is 19.1 Å². The molecular weight excluding hydrogens is 542 g/mol. The SMILES string of the molecule is CNC(=O)c1c(-c2ccc(F)cc2)oc2ccc(-c3cc(C(=O)N(c4ncc(F)cn4)C4CC4)c(OC)cc3C)cc12. The molecule has 1 fully saturated rings. The van der Waals surface area contributed by atoms with Gasteiger partial charge in [0.15, 0.2) is 5.82 Å². The van der Waals surface area contributed by atoms with E-state index in [-0.39, 0.29) is 23.8 Å². The van der Waals surface area contributed by atoms with Crippen LogP contribution in [0.5, 0.6) is 5.75 Å². The highest BCUT2D eigenvalue weighted by Gasteiger charge is 2.37. The summed E-state index contributed by atoms with van der Waals surface area (Å²) in [6.45, 7) is 1.90. The third-order valence-electron chi connectivity index (χ3n) is 7.29. The molecule has 1 aliphatic carbocycles. The summed E-state index contributed by atoms with van der Waals surface area (Å²) in [6, 6.07) is 14.6. The van der Waals surface area contributed by atoms with Crippen molar-refractivity contribution in [2.24, 2.45) is 0 Å². The van der Waals surface area contributed by atoms with Gasteiger partial charge in [0.05, 0.1) is 30.6 Å². The van der Waals surface area contributed by atoms with Crippen molar-refractivity contribution in [1.29, 1.82) is 0 Å². The molecule has 0 unspecified atom stereocenters. The molecule has 2 amide bonds. The molecule has 0 radical (unpaired) electrons. The number of carbonyl (C=O) groups is 2.